The van der Waals surface area contributed by atoms with Gasteiger partial charge in [0.05, 0.1) is 12.1 Å². The highest BCUT2D eigenvalue weighted by Gasteiger charge is 2.45. The van der Waals surface area contributed by atoms with Gasteiger partial charge in [-0.3, -0.25) is 10.1 Å². The molecule has 4 rings (SSSR count). The molecule has 3 aromatic carbocycles. The molecule has 2 amide bonds. The second-order valence-corrected chi connectivity index (χ2v) is 8.15. The summed E-state index contributed by atoms with van der Waals surface area (Å²) in [6.45, 7) is 0.366. The molecule has 3 aromatic rings. The number of carbonyl (C=O) groups is 2. The number of carboxylic acid groups (broad SMARTS) is 1. The van der Waals surface area contributed by atoms with Crippen LogP contribution in [0, 0.1) is 0 Å². The van der Waals surface area contributed by atoms with Crippen LogP contribution >= 0.6 is 0 Å². The number of aliphatic hydroxyl groups excluding tert-OH is 1. The lowest BCUT2D eigenvalue weighted by Gasteiger charge is -2.26. The van der Waals surface area contributed by atoms with E-state index >= 15 is 0 Å². The fourth-order valence-electron chi connectivity index (χ4n) is 4.26. The highest BCUT2D eigenvalue weighted by molar-refractivity contribution is 5.85. The van der Waals surface area contributed by atoms with Crippen LogP contribution in [0.4, 0.5) is 4.79 Å². The Labute approximate surface area is 192 Å². The van der Waals surface area contributed by atoms with Gasteiger partial charge in [-0.15, -0.1) is 0 Å². The molecule has 1 aliphatic heterocycles. The Hall–Kier alpha value is -3.68. The molecule has 1 unspecified atom stereocenters. The summed E-state index contributed by atoms with van der Waals surface area (Å²) in [4.78, 5) is 26.7. The van der Waals surface area contributed by atoms with Crippen molar-refractivity contribution in [3.05, 3.63) is 108 Å². The SMILES string of the molecule is O=C(O)N[C@@H](Cc1ccccc1)[C@@H](O)[C@@H]1NC(c2ccccc2)N(Cc2ccccc2)C1=O. The number of aliphatic hydroxyl groups is 1. The van der Waals surface area contributed by atoms with Crippen LogP contribution in [0.15, 0.2) is 91.0 Å². The molecule has 0 spiro atoms. The van der Waals surface area contributed by atoms with Gasteiger partial charge < -0.3 is 20.4 Å². The molecule has 0 radical (unpaired) electrons. The number of amides is 2. The Morgan fingerprint density at radius 2 is 1.45 bits per heavy atom. The summed E-state index contributed by atoms with van der Waals surface area (Å²) in [5.41, 5.74) is 2.72. The largest absolute Gasteiger partial charge is 0.465 e. The summed E-state index contributed by atoms with van der Waals surface area (Å²) in [5, 5.41) is 26.2. The van der Waals surface area contributed by atoms with E-state index in [9.17, 15) is 19.8 Å². The van der Waals surface area contributed by atoms with Crippen molar-refractivity contribution in [2.75, 3.05) is 0 Å². The van der Waals surface area contributed by atoms with E-state index in [1.54, 1.807) is 4.90 Å². The Morgan fingerprint density at radius 3 is 2.03 bits per heavy atom. The van der Waals surface area contributed by atoms with Crippen molar-refractivity contribution in [2.45, 2.75) is 37.3 Å². The molecule has 33 heavy (non-hydrogen) atoms. The van der Waals surface area contributed by atoms with E-state index in [1.807, 2.05) is 91.0 Å². The molecule has 0 bridgehead atoms. The van der Waals surface area contributed by atoms with Crippen molar-refractivity contribution in [2.24, 2.45) is 0 Å². The van der Waals surface area contributed by atoms with Gasteiger partial charge in [-0.05, 0) is 23.1 Å². The Balaban J connectivity index is 1.61. The first-order valence-electron chi connectivity index (χ1n) is 10.9. The summed E-state index contributed by atoms with van der Waals surface area (Å²) < 4.78 is 0. The third-order valence-electron chi connectivity index (χ3n) is 5.87. The first-order valence-corrected chi connectivity index (χ1v) is 10.9. The molecular weight excluding hydrogens is 418 g/mol. The first kappa shape index (κ1) is 22.5. The summed E-state index contributed by atoms with van der Waals surface area (Å²) >= 11 is 0. The number of hydrogen-bond acceptors (Lipinski definition) is 4. The predicted octanol–water partition coefficient (Wildman–Crippen LogP) is 2.93. The number of hydrogen-bond donors (Lipinski definition) is 4. The molecule has 1 fully saturated rings. The van der Waals surface area contributed by atoms with E-state index in [0.717, 1.165) is 16.7 Å². The van der Waals surface area contributed by atoms with Crippen molar-refractivity contribution in [1.29, 1.82) is 0 Å². The fraction of sp³-hybridized carbons (Fsp3) is 0.231. The molecule has 1 heterocycles. The van der Waals surface area contributed by atoms with Crippen molar-refractivity contribution >= 4 is 12.0 Å². The van der Waals surface area contributed by atoms with E-state index in [2.05, 4.69) is 10.6 Å². The van der Waals surface area contributed by atoms with Crippen LogP contribution in [0.3, 0.4) is 0 Å². The average molecular weight is 446 g/mol. The van der Waals surface area contributed by atoms with E-state index in [-0.39, 0.29) is 12.3 Å². The number of nitrogens with zero attached hydrogens (tertiary/aromatic N) is 1. The minimum absolute atomic E-state index is 0.258. The first-order chi connectivity index (χ1) is 16.0. The maximum Gasteiger partial charge on any atom is 0.404 e. The molecule has 4 N–H and O–H groups in total. The van der Waals surface area contributed by atoms with Crippen LogP contribution in [-0.4, -0.2) is 45.3 Å². The van der Waals surface area contributed by atoms with Gasteiger partial charge in [0, 0.05) is 6.54 Å². The van der Waals surface area contributed by atoms with Gasteiger partial charge in [0.1, 0.15) is 12.2 Å². The maximum absolute atomic E-state index is 13.5. The number of nitrogens with one attached hydrogen (secondary N) is 2. The molecule has 0 aromatic heterocycles. The Kier molecular flexibility index (Phi) is 7.02. The minimum Gasteiger partial charge on any atom is -0.465 e. The summed E-state index contributed by atoms with van der Waals surface area (Å²) in [6, 6.07) is 26.7. The zero-order chi connectivity index (χ0) is 23.2. The van der Waals surface area contributed by atoms with Crippen molar-refractivity contribution < 1.29 is 19.8 Å². The van der Waals surface area contributed by atoms with Gasteiger partial charge in [0.2, 0.25) is 5.91 Å². The van der Waals surface area contributed by atoms with Gasteiger partial charge in [-0.25, -0.2) is 4.79 Å². The van der Waals surface area contributed by atoms with E-state index < -0.39 is 30.4 Å². The molecule has 170 valence electrons. The van der Waals surface area contributed by atoms with Crippen molar-refractivity contribution in [3.63, 3.8) is 0 Å². The monoisotopic (exact) mass is 445 g/mol. The number of carbonyl (C=O) groups excluding carboxylic acids is 1. The summed E-state index contributed by atoms with van der Waals surface area (Å²) in [6.07, 6.45) is -2.70. The average Bonchev–Trinajstić information content (AvgIpc) is 3.16. The minimum atomic E-state index is -1.26. The normalized spacial score (nSPS) is 19.8. The lowest BCUT2D eigenvalue weighted by atomic mass is 9.96. The smallest absolute Gasteiger partial charge is 0.404 e. The van der Waals surface area contributed by atoms with E-state index in [4.69, 9.17) is 0 Å². The van der Waals surface area contributed by atoms with E-state index in [0.29, 0.717) is 6.54 Å². The van der Waals surface area contributed by atoms with Crippen LogP contribution in [0.25, 0.3) is 0 Å². The zero-order valence-corrected chi connectivity index (χ0v) is 18.0. The maximum atomic E-state index is 13.5. The standard InChI is InChI=1S/C26H27N3O4/c30-23(21(27-26(32)33)16-18-10-4-1-5-11-18)22-25(31)29(17-19-12-6-2-7-13-19)24(28-22)20-14-8-3-9-15-20/h1-15,21-24,27-28,30H,16-17H2,(H,32,33)/t21-,22-,23+,24?/m0/s1. The number of rotatable bonds is 8. The van der Waals surface area contributed by atoms with Gasteiger partial charge in [0.25, 0.3) is 0 Å². The van der Waals surface area contributed by atoms with Gasteiger partial charge in [0.15, 0.2) is 0 Å². The second-order valence-electron chi connectivity index (χ2n) is 8.15. The molecule has 0 aliphatic carbocycles. The predicted molar refractivity (Wildman–Crippen MR) is 124 cm³/mol. The highest BCUT2D eigenvalue weighted by Crippen LogP contribution is 2.29. The van der Waals surface area contributed by atoms with Crippen LogP contribution < -0.4 is 10.6 Å². The fourth-order valence-corrected chi connectivity index (χ4v) is 4.26. The van der Waals surface area contributed by atoms with Gasteiger partial charge >= 0.3 is 6.09 Å². The second kappa shape index (κ2) is 10.3. The van der Waals surface area contributed by atoms with Crippen LogP contribution in [0.1, 0.15) is 22.9 Å². The van der Waals surface area contributed by atoms with E-state index in [1.165, 1.54) is 0 Å². The molecule has 1 saturated heterocycles. The molecular formula is C26H27N3O4. The van der Waals surface area contributed by atoms with Crippen LogP contribution in [-0.2, 0) is 17.8 Å². The van der Waals surface area contributed by atoms with Crippen LogP contribution in [0.5, 0.6) is 0 Å². The molecule has 7 nitrogen and oxygen atoms in total. The molecule has 4 atom stereocenters. The summed E-state index contributed by atoms with van der Waals surface area (Å²) in [7, 11) is 0. The highest BCUT2D eigenvalue weighted by atomic mass is 16.4. The van der Waals surface area contributed by atoms with Crippen LogP contribution in [0.2, 0.25) is 0 Å². The lowest BCUT2D eigenvalue weighted by Crippen LogP contribution is -2.54. The molecule has 1 aliphatic rings. The van der Waals surface area contributed by atoms with Crippen molar-refractivity contribution in [1.82, 2.24) is 15.5 Å². The molecule has 0 saturated carbocycles. The van der Waals surface area contributed by atoms with Gasteiger partial charge in [-0.1, -0.05) is 91.0 Å². The quantitative estimate of drug-likeness (QED) is 0.427. The van der Waals surface area contributed by atoms with Gasteiger partial charge in [-0.2, -0.15) is 0 Å². The Morgan fingerprint density at radius 1 is 0.909 bits per heavy atom. The number of benzene rings is 3. The third-order valence-corrected chi connectivity index (χ3v) is 5.87. The topological polar surface area (TPSA) is 102 Å². The zero-order valence-electron chi connectivity index (χ0n) is 18.0. The lowest BCUT2D eigenvalue weighted by molar-refractivity contribution is -0.133. The Bertz CT molecular complexity index is 1060. The summed E-state index contributed by atoms with van der Waals surface area (Å²) in [5.74, 6) is -0.273. The molecule has 7 heteroatoms. The third kappa shape index (κ3) is 5.39. The van der Waals surface area contributed by atoms with Crippen molar-refractivity contribution in [3.8, 4) is 0 Å².